The minimum atomic E-state index is 0.638. The molecule has 0 aromatic heterocycles. The summed E-state index contributed by atoms with van der Waals surface area (Å²) >= 11 is 0. The Morgan fingerprint density at radius 2 is 2.19 bits per heavy atom. The van der Waals surface area contributed by atoms with Gasteiger partial charge < -0.3 is 0 Å². The van der Waals surface area contributed by atoms with Gasteiger partial charge in [-0.15, -0.1) is 0 Å². The van der Waals surface area contributed by atoms with Gasteiger partial charge in [0.15, 0.2) is 0 Å². The molecule has 3 rings (SSSR count). The van der Waals surface area contributed by atoms with Gasteiger partial charge in [0.25, 0.3) is 0 Å². The molecule has 0 aliphatic heterocycles. The van der Waals surface area contributed by atoms with Crippen LogP contribution in [-0.4, -0.2) is 0 Å². The van der Waals surface area contributed by atoms with Gasteiger partial charge in [-0.2, -0.15) is 0 Å². The van der Waals surface area contributed by atoms with Crippen molar-refractivity contribution in [1.82, 2.24) is 0 Å². The zero-order valence-electron chi connectivity index (χ0n) is 11.1. The summed E-state index contributed by atoms with van der Waals surface area (Å²) in [6, 6.07) is 0. The van der Waals surface area contributed by atoms with Gasteiger partial charge in [0.2, 0.25) is 0 Å². The van der Waals surface area contributed by atoms with Crippen LogP contribution in [0.3, 0.4) is 0 Å². The lowest BCUT2D eigenvalue weighted by Gasteiger charge is -2.43. The molecule has 0 heteroatoms. The summed E-state index contributed by atoms with van der Waals surface area (Å²) in [7, 11) is 0. The minimum absolute atomic E-state index is 0.638. The number of allylic oxidation sites excluding steroid dienone is 4. The summed E-state index contributed by atoms with van der Waals surface area (Å²) in [5, 5.41) is 0. The Morgan fingerprint density at radius 3 is 2.69 bits per heavy atom. The van der Waals surface area contributed by atoms with Gasteiger partial charge in [0.1, 0.15) is 0 Å². The number of fused-ring (bicyclic) bond motifs is 1. The molecule has 1 unspecified atom stereocenters. The molecule has 0 amide bonds. The molecule has 0 saturated heterocycles. The normalized spacial score (nSPS) is 35.4. The molecule has 90 valence electrons. The summed E-state index contributed by atoms with van der Waals surface area (Å²) in [5.41, 5.74) is 2.40. The maximum absolute atomic E-state index is 2.43. The van der Waals surface area contributed by atoms with E-state index in [9.17, 15) is 0 Å². The fourth-order valence-corrected chi connectivity index (χ4v) is 3.97. The third-order valence-corrected chi connectivity index (χ3v) is 4.72. The summed E-state index contributed by atoms with van der Waals surface area (Å²) in [6.07, 6.45) is 15.5. The average molecular weight is 218 g/mol. The Kier molecular flexibility index (Phi) is 3.56. The Bertz CT molecular complexity index is 284. The molecule has 0 aromatic rings. The van der Waals surface area contributed by atoms with Crippen molar-refractivity contribution in [2.75, 3.05) is 0 Å². The lowest BCUT2D eigenvalue weighted by Crippen LogP contribution is -2.32. The van der Waals surface area contributed by atoms with Crippen molar-refractivity contribution in [3.05, 3.63) is 23.8 Å². The van der Waals surface area contributed by atoms with E-state index in [0.29, 0.717) is 5.41 Å². The van der Waals surface area contributed by atoms with E-state index in [1.807, 2.05) is 0 Å². The fraction of sp³-hybridized carbons (Fsp3) is 0.750. The third-order valence-electron chi connectivity index (χ3n) is 4.72. The lowest BCUT2D eigenvalue weighted by molar-refractivity contribution is 0.175. The summed E-state index contributed by atoms with van der Waals surface area (Å²) in [6.45, 7) is 6.85. The molecule has 0 N–H and O–H groups in total. The Balaban J connectivity index is 2.14. The van der Waals surface area contributed by atoms with Crippen molar-refractivity contribution in [2.45, 2.75) is 59.3 Å². The third kappa shape index (κ3) is 1.99. The molecule has 3 saturated carbocycles. The molecular weight excluding hydrogens is 192 g/mol. The smallest absolute Gasteiger partial charge is 0.00769 e. The first-order chi connectivity index (χ1) is 7.72. The van der Waals surface area contributed by atoms with Crippen LogP contribution in [0.15, 0.2) is 23.8 Å². The highest BCUT2D eigenvalue weighted by Gasteiger charge is 2.52. The predicted molar refractivity (Wildman–Crippen MR) is 71.4 cm³/mol. The van der Waals surface area contributed by atoms with Crippen molar-refractivity contribution < 1.29 is 0 Å². The maximum atomic E-state index is 2.43. The van der Waals surface area contributed by atoms with Crippen molar-refractivity contribution in [1.29, 1.82) is 0 Å². The average Bonchev–Trinajstić information content (AvgIpc) is 2.78. The topological polar surface area (TPSA) is 0 Å². The van der Waals surface area contributed by atoms with Crippen molar-refractivity contribution in [2.24, 2.45) is 17.3 Å². The molecule has 0 nitrogen and oxygen atoms in total. The van der Waals surface area contributed by atoms with Crippen molar-refractivity contribution >= 4 is 0 Å². The van der Waals surface area contributed by atoms with Gasteiger partial charge in [0, 0.05) is 0 Å². The van der Waals surface area contributed by atoms with Crippen LogP contribution in [0.25, 0.3) is 0 Å². The van der Waals surface area contributed by atoms with E-state index < -0.39 is 0 Å². The first kappa shape index (κ1) is 12.0. The molecule has 1 atom stereocenters. The van der Waals surface area contributed by atoms with Crippen LogP contribution < -0.4 is 0 Å². The molecule has 3 aliphatic rings. The molecule has 3 fully saturated rings. The fourth-order valence-electron chi connectivity index (χ4n) is 3.97. The van der Waals surface area contributed by atoms with Gasteiger partial charge in [-0.25, -0.2) is 0 Å². The largest absolute Gasteiger partial charge is 0.0877 e. The second kappa shape index (κ2) is 4.77. The SMILES string of the molecule is CC=CC=C(C(C)CCC)C12CCC(C1)C2. The number of hydrogen-bond acceptors (Lipinski definition) is 0. The van der Waals surface area contributed by atoms with Crippen LogP contribution in [0.4, 0.5) is 0 Å². The van der Waals surface area contributed by atoms with Crippen LogP contribution in [0, 0.1) is 17.3 Å². The standard InChI is InChI=1S/C16H26/c1-4-6-8-15(13(3)7-5-2)16-10-9-14(11-16)12-16/h4,6,8,13-14H,5,7,9-12H2,1-3H3. The Hall–Kier alpha value is -0.520. The molecule has 3 aliphatic carbocycles. The van der Waals surface area contributed by atoms with E-state index in [0.717, 1.165) is 11.8 Å². The second-order valence-electron chi connectivity index (χ2n) is 5.93. The zero-order valence-corrected chi connectivity index (χ0v) is 11.1. The van der Waals surface area contributed by atoms with Crippen LogP contribution >= 0.6 is 0 Å². The highest BCUT2D eigenvalue weighted by atomic mass is 14.6. The molecular formula is C16H26. The molecule has 0 aromatic carbocycles. The van der Waals surface area contributed by atoms with Gasteiger partial charge in [-0.1, -0.05) is 44.1 Å². The zero-order chi connectivity index (χ0) is 11.6. The Morgan fingerprint density at radius 1 is 1.44 bits per heavy atom. The van der Waals surface area contributed by atoms with Crippen LogP contribution in [0.2, 0.25) is 0 Å². The van der Waals surface area contributed by atoms with E-state index in [-0.39, 0.29) is 0 Å². The lowest BCUT2D eigenvalue weighted by atomic mass is 9.62. The van der Waals surface area contributed by atoms with Gasteiger partial charge in [0.05, 0.1) is 0 Å². The molecule has 16 heavy (non-hydrogen) atoms. The van der Waals surface area contributed by atoms with E-state index in [2.05, 4.69) is 39.0 Å². The van der Waals surface area contributed by atoms with Crippen LogP contribution in [-0.2, 0) is 0 Å². The van der Waals surface area contributed by atoms with E-state index in [1.54, 1.807) is 5.57 Å². The number of rotatable bonds is 5. The maximum Gasteiger partial charge on any atom is -0.00769 e. The monoisotopic (exact) mass is 218 g/mol. The highest BCUT2D eigenvalue weighted by Crippen LogP contribution is 2.64. The van der Waals surface area contributed by atoms with Crippen molar-refractivity contribution in [3.63, 3.8) is 0 Å². The van der Waals surface area contributed by atoms with E-state index in [1.165, 1.54) is 38.5 Å². The molecule has 0 heterocycles. The van der Waals surface area contributed by atoms with Crippen molar-refractivity contribution in [3.8, 4) is 0 Å². The minimum Gasteiger partial charge on any atom is -0.0877 e. The number of hydrogen-bond donors (Lipinski definition) is 0. The van der Waals surface area contributed by atoms with E-state index in [4.69, 9.17) is 0 Å². The molecule has 0 radical (unpaired) electrons. The first-order valence-electron chi connectivity index (χ1n) is 7.05. The second-order valence-corrected chi connectivity index (χ2v) is 5.93. The summed E-state index contributed by atoms with van der Waals surface area (Å²) < 4.78 is 0. The van der Waals surface area contributed by atoms with Crippen LogP contribution in [0.5, 0.6) is 0 Å². The van der Waals surface area contributed by atoms with Gasteiger partial charge >= 0.3 is 0 Å². The summed E-state index contributed by atoms with van der Waals surface area (Å²) in [5.74, 6) is 1.86. The van der Waals surface area contributed by atoms with E-state index >= 15 is 0 Å². The van der Waals surface area contributed by atoms with Gasteiger partial charge in [-0.3, -0.25) is 0 Å². The molecule has 2 bridgehead atoms. The Labute approximate surface area is 101 Å². The highest BCUT2D eigenvalue weighted by molar-refractivity contribution is 5.28. The predicted octanol–water partition coefficient (Wildman–Crippen LogP) is 5.12. The van der Waals surface area contributed by atoms with Crippen LogP contribution in [0.1, 0.15) is 59.3 Å². The summed E-state index contributed by atoms with van der Waals surface area (Å²) in [4.78, 5) is 0. The molecule has 0 spiro atoms. The van der Waals surface area contributed by atoms with Gasteiger partial charge in [-0.05, 0) is 56.3 Å². The first-order valence-corrected chi connectivity index (χ1v) is 7.05. The quantitative estimate of drug-likeness (QED) is 0.562.